The number of carbonyl (C=O) groups is 1. The minimum atomic E-state index is -3.70. The Morgan fingerprint density at radius 3 is 2.64 bits per heavy atom. The van der Waals surface area contributed by atoms with Gasteiger partial charge < -0.3 is 14.4 Å². The molecule has 0 saturated carbocycles. The van der Waals surface area contributed by atoms with Crippen LogP contribution in [0, 0.1) is 0 Å². The molecule has 10 heteroatoms. The average Bonchev–Trinajstić information content (AvgIpc) is 3.09. The molecule has 0 saturated heterocycles. The third-order valence-corrected chi connectivity index (χ3v) is 7.31. The van der Waals surface area contributed by atoms with Crippen LogP contribution in [0.15, 0.2) is 47.6 Å². The van der Waals surface area contributed by atoms with E-state index >= 15 is 0 Å². The molecule has 2 aromatic heterocycles. The summed E-state index contributed by atoms with van der Waals surface area (Å²) >= 11 is 6.16. The number of hydrogen-bond acceptors (Lipinski definition) is 5. The smallest absolute Gasteiger partial charge is 0.323 e. The molecule has 2 heterocycles. The van der Waals surface area contributed by atoms with Crippen LogP contribution in [0.2, 0.25) is 5.02 Å². The Labute approximate surface area is 198 Å². The molecule has 0 fully saturated rings. The number of sulfonamides is 1. The van der Waals surface area contributed by atoms with Crippen molar-refractivity contribution in [2.75, 3.05) is 19.7 Å². The molecule has 3 rings (SSSR count). The lowest BCUT2D eigenvalue weighted by Crippen LogP contribution is -2.33. The Hall–Kier alpha value is -2.62. The molecule has 3 aromatic rings. The Morgan fingerprint density at radius 1 is 1.21 bits per heavy atom. The number of fused-ring (bicyclic) bond motifs is 1. The first-order valence-electron chi connectivity index (χ1n) is 10.8. The lowest BCUT2D eigenvalue weighted by molar-refractivity contribution is -0.137. The summed E-state index contributed by atoms with van der Waals surface area (Å²) < 4.78 is 34.8. The van der Waals surface area contributed by atoms with E-state index in [9.17, 15) is 18.3 Å². The highest BCUT2D eigenvalue weighted by atomic mass is 35.5. The van der Waals surface area contributed by atoms with Crippen LogP contribution in [0.3, 0.4) is 0 Å². The standard InChI is InChI=1S/C23H28ClN3O5S/c1-3-11-27(33(30,31)19-8-10-22(25-14-19)32-4-2)12-5-6-17-15-26(16-23(28)29)21-9-7-18(24)13-20(17)21/h7-10,13-15H,3-6,11-12,16H2,1-2H3,(H,28,29). The van der Waals surface area contributed by atoms with Crippen LogP contribution < -0.4 is 4.74 Å². The van der Waals surface area contributed by atoms with E-state index in [1.54, 1.807) is 22.8 Å². The first kappa shape index (κ1) is 25.0. The lowest BCUT2D eigenvalue weighted by Gasteiger charge is -2.21. The van der Waals surface area contributed by atoms with Crippen LogP contribution in [0.25, 0.3) is 10.9 Å². The number of pyridine rings is 1. The molecule has 1 N–H and O–H groups in total. The first-order chi connectivity index (χ1) is 15.8. The Kier molecular flexibility index (Phi) is 8.34. The van der Waals surface area contributed by atoms with Gasteiger partial charge in [0.15, 0.2) is 0 Å². The summed E-state index contributed by atoms with van der Waals surface area (Å²) in [4.78, 5) is 15.4. The molecular formula is C23H28ClN3O5S. The van der Waals surface area contributed by atoms with Crippen molar-refractivity contribution in [2.24, 2.45) is 0 Å². The third-order valence-electron chi connectivity index (χ3n) is 5.20. The van der Waals surface area contributed by atoms with E-state index in [-0.39, 0.29) is 11.4 Å². The maximum atomic E-state index is 13.2. The maximum Gasteiger partial charge on any atom is 0.323 e. The minimum absolute atomic E-state index is 0.129. The summed E-state index contributed by atoms with van der Waals surface area (Å²) in [5.74, 6) is -0.549. The molecule has 0 amide bonds. The predicted octanol–water partition coefficient (Wildman–Crippen LogP) is 4.21. The van der Waals surface area contributed by atoms with Crippen molar-refractivity contribution in [1.29, 1.82) is 0 Å². The number of carboxylic acid groups (broad SMARTS) is 1. The number of benzene rings is 1. The van der Waals surface area contributed by atoms with Gasteiger partial charge in [0.2, 0.25) is 15.9 Å². The Bertz CT molecular complexity index is 1210. The van der Waals surface area contributed by atoms with Gasteiger partial charge in [-0.25, -0.2) is 13.4 Å². The van der Waals surface area contributed by atoms with Gasteiger partial charge in [-0.1, -0.05) is 18.5 Å². The SMILES string of the molecule is CCCN(CCCc1cn(CC(=O)O)c2ccc(Cl)cc12)S(=O)(=O)c1ccc(OCC)nc1. The van der Waals surface area contributed by atoms with Crippen LogP contribution in [-0.2, 0) is 27.8 Å². The minimum Gasteiger partial charge on any atom is -0.480 e. The molecule has 0 atom stereocenters. The summed E-state index contributed by atoms with van der Waals surface area (Å²) in [5.41, 5.74) is 1.72. The molecule has 1 aromatic carbocycles. The number of ether oxygens (including phenoxy) is 1. The van der Waals surface area contributed by atoms with Crippen molar-refractivity contribution in [2.45, 2.75) is 44.6 Å². The summed E-state index contributed by atoms with van der Waals surface area (Å²) in [6.07, 6.45) is 4.97. The van der Waals surface area contributed by atoms with Crippen molar-refractivity contribution in [3.05, 3.63) is 53.3 Å². The van der Waals surface area contributed by atoms with Crippen LogP contribution in [0.4, 0.5) is 0 Å². The molecule has 0 bridgehead atoms. The van der Waals surface area contributed by atoms with Gasteiger partial charge in [0.05, 0.1) is 12.8 Å². The fourth-order valence-electron chi connectivity index (χ4n) is 3.77. The molecule has 0 spiro atoms. The fourth-order valence-corrected chi connectivity index (χ4v) is 5.46. The monoisotopic (exact) mass is 493 g/mol. The van der Waals surface area contributed by atoms with Gasteiger partial charge in [0.25, 0.3) is 0 Å². The molecule has 0 aliphatic carbocycles. The van der Waals surface area contributed by atoms with Crippen molar-refractivity contribution >= 4 is 38.5 Å². The highest BCUT2D eigenvalue weighted by Crippen LogP contribution is 2.27. The van der Waals surface area contributed by atoms with Crippen molar-refractivity contribution in [3.63, 3.8) is 0 Å². The van der Waals surface area contributed by atoms with Crippen molar-refractivity contribution in [3.8, 4) is 5.88 Å². The average molecular weight is 494 g/mol. The number of aliphatic carboxylic acids is 1. The van der Waals surface area contributed by atoms with Gasteiger partial charge in [-0.2, -0.15) is 4.31 Å². The number of rotatable bonds is 12. The number of aryl methyl sites for hydroxylation is 1. The number of aromatic nitrogens is 2. The predicted molar refractivity (Wildman–Crippen MR) is 127 cm³/mol. The molecular weight excluding hydrogens is 466 g/mol. The van der Waals surface area contributed by atoms with E-state index in [2.05, 4.69) is 4.98 Å². The highest BCUT2D eigenvalue weighted by molar-refractivity contribution is 7.89. The lowest BCUT2D eigenvalue weighted by atomic mass is 10.1. The molecule has 0 radical (unpaired) electrons. The molecule has 0 aliphatic heterocycles. The van der Waals surface area contributed by atoms with E-state index in [4.69, 9.17) is 16.3 Å². The summed E-state index contributed by atoms with van der Waals surface area (Å²) in [6.45, 7) is 4.79. The largest absolute Gasteiger partial charge is 0.480 e. The quantitative estimate of drug-likeness (QED) is 0.405. The van der Waals surface area contributed by atoms with Gasteiger partial charge in [0.1, 0.15) is 11.4 Å². The van der Waals surface area contributed by atoms with Crippen LogP contribution in [0.1, 0.15) is 32.3 Å². The number of halogens is 1. The van der Waals surface area contributed by atoms with Gasteiger partial charge in [-0.05, 0) is 56.0 Å². The second-order valence-corrected chi connectivity index (χ2v) is 9.98. The van der Waals surface area contributed by atoms with Gasteiger partial charge >= 0.3 is 5.97 Å². The first-order valence-corrected chi connectivity index (χ1v) is 12.7. The van der Waals surface area contributed by atoms with Gasteiger partial charge in [-0.15, -0.1) is 0 Å². The Morgan fingerprint density at radius 2 is 2.00 bits per heavy atom. The summed E-state index contributed by atoms with van der Waals surface area (Å²) in [5, 5.41) is 10.7. The summed E-state index contributed by atoms with van der Waals surface area (Å²) in [6, 6.07) is 8.42. The molecule has 0 unspecified atom stereocenters. The zero-order valence-electron chi connectivity index (χ0n) is 18.7. The summed E-state index contributed by atoms with van der Waals surface area (Å²) in [7, 11) is -3.70. The highest BCUT2D eigenvalue weighted by Gasteiger charge is 2.24. The topological polar surface area (TPSA) is 102 Å². The van der Waals surface area contributed by atoms with E-state index in [0.29, 0.717) is 49.9 Å². The number of hydrogen-bond donors (Lipinski definition) is 1. The number of nitrogens with zero attached hydrogens (tertiary/aromatic N) is 3. The van der Waals surface area contributed by atoms with E-state index < -0.39 is 16.0 Å². The number of carboxylic acids is 1. The molecule has 33 heavy (non-hydrogen) atoms. The van der Waals surface area contributed by atoms with Crippen LogP contribution in [-0.4, -0.2) is 53.0 Å². The van der Waals surface area contributed by atoms with Gasteiger partial charge in [-0.3, -0.25) is 4.79 Å². The zero-order valence-corrected chi connectivity index (χ0v) is 20.3. The molecule has 0 aliphatic rings. The maximum absolute atomic E-state index is 13.2. The second kappa shape index (κ2) is 11.0. The van der Waals surface area contributed by atoms with E-state index in [1.165, 1.54) is 16.6 Å². The van der Waals surface area contributed by atoms with Gasteiger partial charge in [0, 0.05) is 41.3 Å². The fraction of sp³-hybridized carbons (Fsp3) is 0.391. The molecule has 178 valence electrons. The Balaban J connectivity index is 1.77. The molecule has 8 nitrogen and oxygen atoms in total. The van der Waals surface area contributed by atoms with E-state index in [0.717, 1.165) is 16.5 Å². The van der Waals surface area contributed by atoms with Crippen molar-refractivity contribution < 1.29 is 23.1 Å². The normalized spacial score (nSPS) is 11.9. The van der Waals surface area contributed by atoms with E-state index in [1.807, 2.05) is 26.1 Å². The zero-order chi connectivity index (χ0) is 24.0. The third kappa shape index (κ3) is 6.04. The van der Waals surface area contributed by atoms with Crippen LogP contribution >= 0.6 is 11.6 Å². The van der Waals surface area contributed by atoms with Crippen LogP contribution in [0.5, 0.6) is 5.88 Å². The van der Waals surface area contributed by atoms with Crippen molar-refractivity contribution in [1.82, 2.24) is 13.9 Å². The second-order valence-electron chi connectivity index (χ2n) is 7.61.